The van der Waals surface area contributed by atoms with E-state index in [0.29, 0.717) is 0 Å². The van der Waals surface area contributed by atoms with E-state index in [1.54, 1.807) is 0 Å². The number of hydrogen-bond donors (Lipinski definition) is 0. The summed E-state index contributed by atoms with van der Waals surface area (Å²) in [7, 11) is 0. The van der Waals surface area contributed by atoms with Crippen LogP contribution in [0, 0.1) is 0 Å². The van der Waals surface area contributed by atoms with E-state index in [-0.39, 0.29) is 0 Å². The largest absolute Gasteiger partial charge is 0.0842 e. The summed E-state index contributed by atoms with van der Waals surface area (Å²) >= 11 is 0. The van der Waals surface area contributed by atoms with E-state index in [1.165, 1.54) is 87.6 Å². The molecule has 7 aromatic rings. The molecule has 0 fully saturated rings. The Morgan fingerprint density at radius 2 is 1.18 bits per heavy atom. The topological polar surface area (TPSA) is 0 Å². The van der Waals surface area contributed by atoms with Crippen molar-refractivity contribution < 1.29 is 0 Å². The van der Waals surface area contributed by atoms with Gasteiger partial charge in [0.25, 0.3) is 0 Å². The van der Waals surface area contributed by atoms with E-state index < -0.39 is 0 Å². The van der Waals surface area contributed by atoms with Crippen molar-refractivity contribution in [3.63, 3.8) is 0 Å². The van der Waals surface area contributed by atoms with Crippen molar-refractivity contribution in [2.24, 2.45) is 0 Å². The molecule has 0 aromatic heterocycles. The van der Waals surface area contributed by atoms with Crippen LogP contribution in [0.1, 0.15) is 18.4 Å². The van der Waals surface area contributed by atoms with Gasteiger partial charge in [0.2, 0.25) is 0 Å². The predicted molar refractivity (Wildman–Crippen MR) is 173 cm³/mol. The lowest BCUT2D eigenvalue weighted by Gasteiger charge is -2.14. The quantitative estimate of drug-likeness (QED) is 0.205. The molecule has 9 rings (SSSR count). The minimum absolute atomic E-state index is 1.11. The summed E-state index contributed by atoms with van der Waals surface area (Å²) in [6.45, 7) is 0. The molecule has 0 amide bonds. The molecule has 0 saturated heterocycles. The lowest BCUT2D eigenvalue weighted by molar-refractivity contribution is 1.06. The van der Waals surface area contributed by atoms with Crippen molar-refractivity contribution in [2.45, 2.75) is 12.8 Å². The normalized spacial score (nSPS) is 13.8. The Bertz CT molecular complexity index is 2240. The Labute approximate surface area is 233 Å². The van der Waals surface area contributed by atoms with Gasteiger partial charge in [-0.1, -0.05) is 115 Å². The third-order valence-electron chi connectivity index (χ3n) is 9.06. The van der Waals surface area contributed by atoms with Crippen molar-refractivity contribution in [3.05, 3.63) is 139 Å². The lowest BCUT2D eigenvalue weighted by Crippen LogP contribution is -1.90. The maximum Gasteiger partial charge on any atom is -0.00202 e. The lowest BCUT2D eigenvalue weighted by atomic mass is 9.90. The standard InChI is InChI=1S/C40H26/c1-3-8-25(9-4-1)27-14-17-31-28(22-27)15-19-33-32(31)18-16-29-23-38-36-21-20-30(26-10-5-2-6-11-26)34-12-7-13-35(40(34)36)39(38)24-37(29)33/h1-5,7-10,12-24H,6,11H2. The smallest absolute Gasteiger partial charge is 0.00202 e. The van der Waals surface area contributed by atoms with Gasteiger partial charge in [-0.2, -0.15) is 0 Å². The van der Waals surface area contributed by atoms with Crippen molar-refractivity contribution in [1.82, 2.24) is 0 Å². The Balaban J connectivity index is 1.26. The molecule has 7 aromatic carbocycles. The first kappa shape index (κ1) is 21.9. The van der Waals surface area contributed by atoms with Crippen molar-refractivity contribution in [2.75, 3.05) is 0 Å². The summed E-state index contributed by atoms with van der Waals surface area (Å²) in [4.78, 5) is 0. The molecule has 0 unspecified atom stereocenters. The second-order valence-electron chi connectivity index (χ2n) is 11.2. The number of hydrogen-bond acceptors (Lipinski definition) is 0. The molecule has 0 radical (unpaired) electrons. The maximum absolute atomic E-state index is 2.45. The van der Waals surface area contributed by atoms with Crippen LogP contribution >= 0.6 is 0 Å². The van der Waals surface area contributed by atoms with E-state index in [1.807, 2.05) is 0 Å². The second-order valence-corrected chi connectivity index (χ2v) is 11.2. The molecule has 0 N–H and O–H groups in total. The molecular formula is C40H26. The first-order valence-corrected chi connectivity index (χ1v) is 14.2. The highest BCUT2D eigenvalue weighted by Gasteiger charge is 2.24. The first-order valence-electron chi connectivity index (χ1n) is 14.2. The Morgan fingerprint density at radius 1 is 0.425 bits per heavy atom. The fraction of sp³-hybridized carbons (Fsp3) is 0.0500. The van der Waals surface area contributed by atoms with E-state index >= 15 is 0 Å². The zero-order valence-electron chi connectivity index (χ0n) is 22.1. The van der Waals surface area contributed by atoms with Gasteiger partial charge in [0.15, 0.2) is 0 Å². The van der Waals surface area contributed by atoms with E-state index in [2.05, 4.69) is 133 Å². The average molecular weight is 507 g/mol. The van der Waals surface area contributed by atoms with Gasteiger partial charge < -0.3 is 0 Å². The van der Waals surface area contributed by atoms with Gasteiger partial charge in [-0.25, -0.2) is 0 Å². The molecule has 2 aliphatic rings. The molecule has 0 bridgehead atoms. The molecule has 186 valence electrons. The van der Waals surface area contributed by atoms with Crippen molar-refractivity contribution >= 4 is 48.7 Å². The van der Waals surface area contributed by atoms with Crippen molar-refractivity contribution in [1.29, 1.82) is 0 Å². The van der Waals surface area contributed by atoms with Crippen LogP contribution in [-0.4, -0.2) is 0 Å². The van der Waals surface area contributed by atoms with Gasteiger partial charge in [-0.15, -0.1) is 0 Å². The average Bonchev–Trinajstić information content (AvgIpc) is 3.34. The highest BCUT2D eigenvalue weighted by atomic mass is 14.3. The summed E-state index contributed by atoms with van der Waals surface area (Å²) in [6.07, 6.45) is 9.00. The third-order valence-corrected chi connectivity index (χ3v) is 9.06. The summed E-state index contributed by atoms with van der Waals surface area (Å²) in [5.74, 6) is 0. The van der Waals surface area contributed by atoms with Gasteiger partial charge in [-0.05, 0) is 119 Å². The summed E-state index contributed by atoms with van der Waals surface area (Å²) in [5.41, 5.74) is 10.8. The van der Waals surface area contributed by atoms with Crippen LogP contribution in [0.25, 0.3) is 82.0 Å². The zero-order chi connectivity index (χ0) is 26.2. The summed E-state index contributed by atoms with van der Waals surface area (Å²) < 4.78 is 0. The monoisotopic (exact) mass is 506 g/mol. The highest BCUT2D eigenvalue weighted by molar-refractivity contribution is 6.23. The maximum atomic E-state index is 2.45. The van der Waals surface area contributed by atoms with Crippen LogP contribution in [0.5, 0.6) is 0 Å². The van der Waals surface area contributed by atoms with Crippen LogP contribution in [0.3, 0.4) is 0 Å². The van der Waals surface area contributed by atoms with E-state index in [9.17, 15) is 0 Å². The number of allylic oxidation sites excluding steroid dienone is 4. The van der Waals surface area contributed by atoms with Crippen LogP contribution in [-0.2, 0) is 0 Å². The first-order chi connectivity index (χ1) is 19.8. The van der Waals surface area contributed by atoms with E-state index in [4.69, 9.17) is 0 Å². The van der Waals surface area contributed by atoms with Crippen LogP contribution in [0.15, 0.2) is 133 Å². The molecule has 0 heteroatoms. The van der Waals surface area contributed by atoms with Crippen LogP contribution in [0.2, 0.25) is 0 Å². The Morgan fingerprint density at radius 3 is 2.02 bits per heavy atom. The fourth-order valence-corrected chi connectivity index (χ4v) is 7.15. The highest BCUT2D eigenvalue weighted by Crippen LogP contribution is 2.51. The molecule has 0 spiro atoms. The Hall–Kier alpha value is -4.94. The van der Waals surface area contributed by atoms with Gasteiger partial charge in [-0.3, -0.25) is 0 Å². The van der Waals surface area contributed by atoms with E-state index in [0.717, 1.165) is 12.8 Å². The minimum Gasteiger partial charge on any atom is -0.0842 e. The SMILES string of the molecule is C1=CCCC(c2ccc3c4c(cccc24)-c2cc4c(ccc5c6ccc(-c7ccccc7)cc6ccc45)cc2-3)=C1. The molecule has 0 heterocycles. The van der Waals surface area contributed by atoms with Crippen LogP contribution < -0.4 is 0 Å². The molecule has 0 nitrogen and oxygen atoms in total. The predicted octanol–water partition coefficient (Wildman–Crippen LogP) is 11.3. The Kier molecular flexibility index (Phi) is 4.54. The number of rotatable bonds is 2. The molecule has 0 atom stereocenters. The van der Waals surface area contributed by atoms with Gasteiger partial charge >= 0.3 is 0 Å². The van der Waals surface area contributed by atoms with Gasteiger partial charge in [0.1, 0.15) is 0 Å². The molecule has 40 heavy (non-hydrogen) atoms. The van der Waals surface area contributed by atoms with Gasteiger partial charge in [0, 0.05) is 0 Å². The molecule has 2 aliphatic carbocycles. The fourth-order valence-electron chi connectivity index (χ4n) is 7.15. The zero-order valence-corrected chi connectivity index (χ0v) is 22.1. The van der Waals surface area contributed by atoms with Crippen LogP contribution in [0.4, 0.5) is 0 Å². The summed E-state index contributed by atoms with van der Waals surface area (Å²) in [5, 5.41) is 10.6. The number of benzene rings is 7. The van der Waals surface area contributed by atoms with Crippen molar-refractivity contribution in [3.8, 4) is 33.4 Å². The number of fused-ring (bicyclic) bond motifs is 8. The molecule has 0 aliphatic heterocycles. The minimum atomic E-state index is 1.11. The van der Waals surface area contributed by atoms with Gasteiger partial charge in [0.05, 0.1) is 0 Å². The molecular weight excluding hydrogens is 480 g/mol. The second kappa shape index (κ2) is 8.28. The summed E-state index contributed by atoms with van der Waals surface area (Å²) in [6, 6.07) is 43.2. The molecule has 0 saturated carbocycles. The third kappa shape index (κ3) is 3.08.